The van der Waals surface area contributed by atoms with Crippen molar-refractivity contribution in [3.8, 4) is 11.3 Å². The third-order valence-electron chi connectivity index (χ3n) is 4.73. The summed E-state index contributed by atoms with van der Waals surface area (Å²) in [5, 5.41) is 7.43. The first kappa shape index (κ1) is 18.7. The number of anilines is 2. The van der Waals surface area contributed by atoms with E-state index < -0.39 is 0 Å². The molecule has 0 saturated carbocycles. The van der Waals surface area contributed by atoms with E-state index in [0.717, 1.165) is 53.7 Å². The zero-order valence-electron chi connectivity index (χ0n) is 15.6. The van der Waals surface area contributed by atoms with E-state index in [2.05, 4.69) is 15.6 Å². The fourth-order valence-corrected chi connectivity index (χ4v) is 3.42. The Morgan fingerprint density at radius 2 is 1.82 bits per heavy atom. The molecule has 1 aromatic heterocycles. The summed E-state index contributed by atoms with van der Waals surface area (Å²) in [4.78, 5) is 9.32. The molecule has 4 rings (SSSR count). The molecule has 0 aliphatic carbocycles. The number of hydrogen-bond acceptors (Lipinski definition) is 5. The largest absolute Gasteiger partial charge is 0.376 e. The van der Waals surface area contributed by atoms with Crippen molar-refractivity contribution >= 4 is 23.4 Å². The van der Waals surface area contributed by atoms with Crippen LogP contribution in [0.15, 0.2) is 60.7 Å². The number of halogens is 1. The maximum absolute atomic E-state index is 6.26. The molecular weight excluding hydrogens is 372 g/mol. The van der Waals surface area contributed by atoms with Gasteiger partial charge in [0.05, 0.1) is 11.8 Å². The normalized spacial score (nSPS) is 16.1. The van der Waals surface area contributed by atoms with Crippen molar-refractivity contribution in [3.63, 3.8) is 0 Å². The average Bonchev–Trinajstić information content (AvgIpc) is 3.26. The Morgan fingerprint density at radius 3 is 2.61 bits per heavy atom. The third-order valence-corrected chi connectivity index (χ3v) is 5.09. The van der Waals surface area contributed by atoms with E-state index in [0.29, 0.717) is 12.5 Å². The number of nitrogens with zero attached hydrogens (tertiary/aromatic N) is 2. The van der Waals surface area contributed by atoms with Crippen molar-refractivity contribution in [2.75, 3.05) is 23.8 Å². The van der Waals surface area contributed by atoms with Gasteiger partial charge >= 0.3 is 0 Å². The number of ether oxygens (including phenoxy) is 1. The lowest BCUT2D eigenvalue weighted by Gasteiger charge is -2.14. The Hall–Kier alpha value is -2.63. The van der Waals surface area contributed by atoms with Crippen molar-refractivity contribution in [1.82, 2.24) is 9.97 Å². The highest BCUT2D eigenvalue weighted by Crippen LogP contribution is 2.23. The predicted molar refractivity (Wildman–Crippen MR) is 114 cm³/mol. The van der Waals surface area contributed by atoms with Crippen LogP contribution < -0.4 is 10.6 Å². The molecule has 0 radical (unpaired) electrons. The molecule has 5 nitrogen and oxygen atoms in total. The van der Waals surface area contributed by atoms with Crippen LogP contribution in [-0.4, -0.2) is 29.2 Å². The summed E-state index contributed by atoms with van der Waals surface area (Å²) in [7, 11) is 0. The smallest absolute Gasteiger partial charge is 0.225 e. The van der Waals surface area contributed by atoms with E-state index in [9.17, 15) is 0 Å². The highest BCUT2D eigenvalue weighted by atomic mass is 35.5. The second-order valence-corrected chi connectivity index (χ2v) is 7.20. The second-order valence-electron chi connectivity index (χ2n) is 6.79. The fourth-order valence-electron chi connectivity index (χ4n) is 3.21. The van der Waals surface area contributed by atoms with E-state index in [4.69, 9.17) is 21.3 Å². The first-order valence-corrected chi connectivity index (χ1v) is 9.93. The molecule has 2 heterocycles. The summed E-state index contributed by atoms with van der Waals surface area (Å²) in [5.41, 5.74) is 2.92. The molecule has 6 heteroatoms. The summed E-state index contributed by atoms with van der Waals surface area (Å²) < 4.78 is 5.70. The Kier molecular flexibility index (Phi) is 6.04. The van der Waals surface area contributed by atoms with Crippen LogP contribution in [0.3, 0.4) is 0 Å². The molecule has 1 atom stereocenters. The van der Waals surface area contributed by atoms with Crippen LogP contribution in [0.25, 0.3) is 11.3 Å². The molecule has 2 N–H and O–H groups in total. The number of benzene rings is 2. The number of nitrogens with one attached hydrogen (secondary N) is 2. The summed E-state index contributed by atoms with van der Waals surface area (Å²) in [6.45, 7) is 2.15. The first-order valence-electron chi connectivity index (χ1n) is 9.55. The van der Waals surface area contributed by atoms with Gasteiger partial charge in [0.2, 0.25) is 5.95 Å². The van der Waals surface area contributed by atoms with Crippen LogP contribution in [0.5, 0.6) is 0 Å². The van der Waals surface area contributed by atoms with Crippen LogP contribution in [0, 0.1) is 0 Å². The van der Waals surface area contributed by atoms with Gasteiger partial charge < -0.3 is 15.4 Å². The standard InChI is InChI=1S/C22H23ClN4O/c23-19-11-5-4-9-17(19)14-25-22-26-20(16-7-2-1-3-8-16)13-21(27-22)24-15-18-10-6-12-28-18/h1-5,7-9,11,13,18H,6,10,12,14-15H2,(H2,24,25,26,27). The van der Waals surface area contributed by atoms with Crippen LogP contribution in [0.4, 0.5) is 11.8 Å². The van der Waals surface area contributed by atoms with Gasteiger partial charge in [-0.3, -0.25) is 0 Å². The van der Waals surface area contributed by atoms with Crippen LogP contribution in [0.1, 0.15) is 18.4 Å². The van der Waals surface area contributed by atoms with Crippen LogP contribution >= 0.6 is 11.6 Å². The van der Waals surface area contributed by atoms with Crippen LogP contribution in [0.2, 0.25) is 5.02 Å². The Balaban J connectivity index is 1.55. The van der Waals surface area contributed by atoms with Crippen molar-refractivity contribution in [2.24, 2.45) is 0 Å². The molecule has 1 unspecified atom stereocenters. The van der Waals surface area contributed by atoms with Crippen molar-refractivity contribution in [2.45, 2.75) is 25.5 Å². The van der Waals surface area contributed by atoms with Gasteiger partial charge in [0, 0.05) is 36.3 Å². The lowest BCUT2D eigenvalue weighted by atomic mass is 10.1. The van der Waals surface area contributed by atoms with Gasteiger partial charge in [0.25, 0.3) is 0 Å². The number of aromatic nitrogens is 2. The lowest BCUT2D eigenvalue weighted by Crippen LogP contribution is -2.19. The van der Waals surface area contributed by atoms with E-state index >= 15 is 0 Å². The minimum absolute atomic E-state index is 0.245. The summed E-state index contributed by atoms with van der Waals surface area (Å²) in [6, 6.07) is 19.9. The highest BCUT2D eigenvalue weighted by Gasteiger charge is 2.16. The molecule has 1 aliphatic rings. The zero-order chi connectivity index (χ0) is 19.2. The molecule has 0 spiro atoms. The lowest BCUT2D eigenvalue weighted by molar-refractivity contribution is 0.120. The summed E-state index contributed by atoms with van der Waals surface area (Å²) in [5.74, 6) is 1.35. The molecule has 144 valence electrons. The summed E-state index contributed by atoms with van der Waals surface area (Å²) in [6.07, 6.45) is 2.45. The Bertz CT molecular complexity index is 913. The van der Waals surface area contributed by atoms with Gasteiger partial charge in [-0.15, -0.1) is 0 Å². The Morgan fingerprint density at radius 1 is 1.00 bits per heavy atom. The predicted octanol–water partition coefficient (Wildman–Crippen LogP) is 5.00. The van der Waals surface area contributed by atoms with Gasteiger partial charge in [-0.25, -0.2) is 4.98 Å². The molecule has 1 aliphatic heterocycles. The molecule has 3 aromatic rings. The molecular formula is C22H23ClN4O. The minimum atomic E-state index is 0.245. The summed E-state index contributed by atoms with van der Waals surface area (Å²) >= 11 is 6.26. The first-order chi connectivity index (χ1) is 13.8. The molecule has 1 saturated heterocycles. The molecule has 1 fully saturated rings. The second kappa shape index (κ2) is 9.04. The third kappa shape index (κ3) is 4.80. The number of rotatable bonds is 7. The minimum Gasteiger partial charge on any atom is -0.376 e. The van der Waals surface area contributed by atoms with E-state index in [1.807, 2.05) is 60.7 Å². The van der Waals surface area contributed by atoms with Crippen molar-refractivity contribution in [3.05, 3.63) is 71.2 Å². The van der Waals surface area contributed by atoms with E-state index in [1.165, 1.54) is 0 Å². The van der Waals surface area contributed by atoms with Gasteiger partial charge in [0.15, 0.2) is 0 Å². The van der Waals surface area contributed by atoms with Gasteiger partial charge in [-0.05, 0) is 24.5 Å². The molecule has 28 heavy (non-hydrogen) atoms. The van der Waals surface area contributed by atoms with Crippen LogP contribution in [-0.2, 0) is 11.3 Å². The Labute approximate surface area is 170 Å². The highest BCUT2D eigenvalue weighted by molar-refractivity contribution is 6.31. The zero-order valence-corrected chi connectivity index (χ0v) is 16.3. The van der Waals surface area contributed by atoms with E-state index in [-0.39, 0.29) is 6.10 Å². The topological polar surface area (TPSA) is 59.1 Å². The average molecular weight is 395 g/mol. The number of hydrogen-bond donors (Lipinski definition) is 2. The van der Waals surface area contributed by atoms with Gasteiger partial charge in [-0.1, -0.05) is 60.1 Å². The molecule has 0 amide bonds. The van der Waals surface area contributed by atoms with Gasteiger partial charge in [0.1, 0.15) is 5.82 Å². The maximum atomic E-state index is 6.26. The maximum Gasteiger partial charge on any atom is 0.225 e. The SMILES string of the molecule is Clc1ccccc1CNc1nc(NCC2CCCO2)cc(-c2ccccc2)n1. The van der Waals surface area contributed by atoms with Crippen molar-refractivity contribution in [1.29, 1.82) is 0 Å². The van der Waals surface area contributed by atoms with E-state index in [1.54, 1.807) is 0 Å². The quantitative estimate of drug-likeness (QED) is 0.590. The van der Waals surface area contributed by atoms with Crippen molar-refractivity contribution < 1.29 is 4.74 Å². The van der Waals surface area contributed by atoms with Gasteiger partial charge in [-0.2, -0.15) is 4.98 Å². The molecule has 2 aromatic carbocycles. The molecule has 0 bridgehead atoms. The monoisotopic (exact) mass is 394 g/mol. The fraction of sp³-hybridized carbons (Fsp3) is 0.273.